The van der Waals surface area contributed by atoms with Crippen molar-refractivity contribution in [2.24, 2.45) is 0 Å². The maximum atomic E-state index is 9.31. The van der Waals surface area contributed by atoms with E-state index in [1.54, 1.807) is 0 Å². The van der Waals surface area contributed by atoms with Crippen molar-refractivity contribution in [3.8, 4) is 12.3 Å². The lowest BCUT2D eigenvalue weighted by atomic mass is 10.1. The van der Waals surface area contributed by atoms with E-state index < -0.39 is 0 Å². The van der Waals surface area contributed by atoms with E-state index in [2.05, 4.69) is 5.92 Å². The Morgan fingerprint density at radius 3 is 2.21 bits per heavy atom. The van der Waals surface area contributed by atoms with Crippen molar-refractivity contribution in [1.29, 1.82) is 0 Å². The second kappa shape index (κ2) is 10.6. The number of aliphatic hydroxyl groups is 1. The molecule has 0 aromatic heterocycles. The Morgan fingerprint density at radius 1 is 1.07 bits per heavy atom. The van der Waals surface area contributed by atoms with E-state index in [1.807, 2.05) is 6.92 Å². The van der Waals surface area contributed by atoms with Crippen LogP contribution in [0.5, 0.6) is 0 Å². The van der Waals surface area contributed by atoms with Gasteiger partial charge in [-0.25, -0.2) is 0 Å². The summed E-state index contributed by atoms with van der Waals surface area (Å²) in [5.74, 6) is 2.66. The highest BCUT2D eigenvalue weighted by Crippen LogP contribution is 2.10. The molecule has 0 aliphatic carbocycles. The van der Waals surface area contributed by atoms with E-state index in [4.69, 9.17) is 6.42 Å². The van der Waals surface area contributed by atoms with Gasteiger partial charge in [-0.05, 0) is 19.3 Å². The van der Waals surface area contributed by atoms with Gasteiger partial charge in [-0.15, -0.1) is 12.3 Å². The van der Waals surface area contributed by atoms with Crippen LogP contribution < -0.4 is 0 Å². The van der Waals surface area contributed by atoms with E-state index in [-0.39, 0.29) is 6.10 Å². The van der Waals surface area contributed by atoms with Gasteiger partial charge in [-0.1, -0.05) is 39.0 Å². The molecule has 0 bridgehead atoms. The molecule has 0 aliphatic rings. The average molecular weight is 196 g/mol. The Hall–Kier alpha value is -0.480. The summed E-state index contributed by atoms with van der Waals surface area (Å²) in [6, 6.07) is 0. The number of terminal acetylenes is 1. The second-order valence-corrected chi connectivity index (χ2v) is 3.93. The number of hydrogen-bond acceptors (Lipinski definition) is 1. The Kier molecular flexibility index (Phi) is 10.2. The zero-order valence-electron chi connectivity index (χ0n) is 9.47. The molecule has 0 saturated carbocycles. The van der Waals surface area contributed by atoms with E-state index in [1.165, 1.54) is 38.5 Å². The maximum absolute atomic E-state index is 9.31. The lowest BCUT2D eigenvalue weighted by Gasteiger charge is -2.06. The average Bonchev–Trinajstić information content (AvgIpc) is 2.21. The first kappa shape index (κ1) is 13.5. The number of unbranched alkanes of at least 4 members (excludes halogenated alkanes) is 6. The van der Waals surface area contributed by atoms with Crippen LogP contribution in [0.25, 0.3) is 0 Å². The SMILES string of the molecule is C#CCCCCCCCCC(O)CC. The fraction of sp³-hybridized carbons (Fsp3) is 0.846. The normalized spacial score (nSPS) is 12.4. The third kappa shape index (κ3) is 9.61. The minimum atomic E-state index is -0.0727. The van der Waals surface area contributed by atoms with Crippen LogP contribution >= 0.6 is 0 Å². The van der Waals surface area contributed by atoms with Gasteiger partial charge in [-0.2, -0.15) is 0 Å². The smallest absolute Gasteiger partial charge is 0.0537 e. The summed E-state index contributed by atoms with van der Waals surface area (Å²) in [4.78, 5) is 0. The van der Waals surface area contributed by atoms with Gasteiger partial charge in [0.05, 0.1) is 6.10 Å². The fourth-order valence-corrected chi connectivity index (χ4v) is 1.52. The van der Waals surface area contributed by atoms with Gasteiger partial charge in [0.2, 0.25) is 0 Å². The highest BCUT2D eigenvalue weighted by atomic mass is 16.3. The summed E-state index contributed by atoms with van der Waals surface area (Å²) in [6.45, 7) is 2.03. The fourth-order valence-electron chi connectivity index (χ4n) is 1.52. The van der Waals surface area contributed by atoms with Crippen LogP contribution in [-0.4, -0.2) is 11.2 Å². The summed E-state index contributed by atoms with van der Waals surface area (Å²) in [7, 11) is 0. The lowest BCUT2D eigenvalue weighted by Crippen LogP contribution is -2.03. The zero-order chi connectivity index (χ0) is 10.6. The first-order valence-corrected chi connectivity index (χ1v) is 5.92. The van der Waals surface area contributed by atoms with Crippen LogP contribution in [-0.2, 0) is 0 Å². The van der Waals surface area contributed by atoms with Crippen molar-refractivity contribution < 1.29 is 5.11 Å². The zero-order valence-corrected chi connectivity index (χ0v) is 9.47. The number of aliphatic hydroxyl groups excluding tert-OH is 1. The summed E-state index contributed by atoms with van der Waals surface area (Å²) in [5, 5.41) is 9.31. The molecule has 82 valence electrons. The number of hydrogen-bond donors (Lipinski definition) is 1. The molecule has 1 N–H and O–H groups in total. The molecule has 1 atom stereocenters. The van der Waals surface area contributed by atoms with Crippen molar-refractivity contribution in [2.45, 2.75) is 70.8 Å². The van der Waals surface area contributed by atoms with Gasteiger partial charge >= 0.3 is 0 Å². The summed E-state index contributed by atoms with van der Waals surface area (Å²) >= 11 is 0. The molecular formula is C13H24O. The molecule has 0 spiro atoms. The Balaban J connectivity index is 2.96. The van der Waals surface area contributed by atoms with Crippen LogP contribution in [0.3, 0.4) is 0 Å². The molecule has 0 saturated heterocycles. The molecule has 14 heavy (non-hydrogen) atoms. The van der Waals surface area contributed by atoms with Gasteiger partial charge in [-0.3, -0.25) is 0 Å². The van der Waals surface area contributed by atoms with Crippen LogP contribution in [0.1, 0.15) is 64.7 Å². The van der Waals surface area contributed by atoms with E-state index >= 15 is 0 Å². The molecule has 1 heteroatoms. The van der Waals surface area contributed by atoms with Gasteiger partial charge in [0.25, 0.3) is 0 Å². The van der Waals surface area contributed by atoms with Gasteiger partial charge in [0, 0.05) is 6.42 Å². The van der Waals surface area contributed by atoms with E-state index in [0.29, 0.717) is 0 Å². The third-order valence-electron chi connectivity index (χ3n) is 2.58. The first-order valence-electron chi connectivity index (χ1n) is 5.92. The Bertz CT molecular complexity index is 146. The van der Waals surface area contributed by atoms with E-state index in [0.717, 1.165) is 19.3 Å². The van der Waals surface area contributed by atoms with Gasteiger partial charge in [0.15, 0.2) is 0 Å². The monoisotopic (exact) mass is 196 g/mol. The van der Waals surface area contributed by atoms with Crippen LogP contribution in [0.15, 0.2) is 0 Å². The minimum Gasteiger partial charge on any atom is -0.393 e. The lowest BCUT2D eigenvalue weighted by molar-refractivity contribution is 0.156. The van der Waals surface area contributed by atoms with Gasteiger partial charge < -0.3 is 5.11 Å². The molecule has 1 unspecified atom stereocenters. The molecule has 0 aromatic rings. The summed E-state index contributed by atoms with van der Waals surface area (Å²) < 4.78 is 0. The molecule has 0 rings (SSSR count). The minimum absolute atomic E-state index is 0.0727. The maximum Gasteiger partial charge on any atom is 0.0537 e. The quantitative estimate of drug-likeness (QED) is 0.442. The van der Waals surface area contributed by atoms with Crippen molar-refractivity contribution in [1.82, 2.24) is 0 Å². The summed E-state index contributed by atoms with van der Waals surface area (Å²) in [5.41, 5.74) is 0. The molecule has 0 aromatic carbocycles. The van der Waals surface area contributed by atoms with Crippen molar-refractivity contribution >= 4 is 0 Å². The molecule has 0 fully saturated rings. The predicted octanol–water partition coefficient (Wildman–Crippen LogP) is 3.51. The molecule has 0 amide bonds. The highest BCUT2D eigenvalue weighted by molar-refractivity contribution is 4.82. The molecular weight excluding hydrogens is 172 g/mol. The Morgan fingerprint density at radius 2 is 1.64 bits per heavy atom. The first-order chi connectivity index (χ1) is 6.81. The van der Waals surface area contributed by atoms with Crippen LogP contribution in [0.2, 0.25) is 0 Å². The largest absolute Gasteiger partial charge is 0.393 e. The predicted molar refractivity (Wildman–Crippen MR) is 62.1 cm³/mol. The number of rotatable bonds is 9. The molecule has 0 radical (unpaired) electrons. The Labute approximate surface area is 88.9 Å². The van der Waals surface area contributed by atoms with Crippen LogP contribution in [0, 0.1) is 12.3 Å². The topological polar surface area (TPSA) is 20.2 Å². The standard InChI is InChI=1S/C13H24O/c1-3-5-6-7-8-9-10-11-12-13(14)4-2/h1,13-14H,4-12H2,2H3. The molecule has 0 aliphatic heterocycles. The third-order valence-corrected chi connectivity index (χ3v) is 2.58. The molecule has 1 nitrogen and oxygen atoms in total. The van der Waals surface area contributed by atoms with Crippen molar-refractivity contribution in [3.63, 3.8) is 0 Å². The van der Waals surface area contributed by atoms with E-state index in [9.17, 15) is 5.11 Å². The second-order valence-electron chi connectivity index (χ2n) is 3.93. The van der Waals surface area contributed by atoms with Crippen LogP contribution in [0.4, 0.5) is 0 Å². The highest BCUT2D eigenvalue weighted by Gasteiger charge is 1.99. The van der Waals surface area contributed by atoms with Gasteiger partial charge in [0.1, 0.15) is 0 Å². The molecule has 0 heterocycles. The van der Waals surface area contributed by atoms with Crippen molar-refractivity contribution in [2.75, 3.05) is 0 Å². The summed E-state index contributed by atoms with van der Waals surface area (Å²) in [6.07, 6.45) is 15.3. The van der Waals surface area contributed by atoms with Crippen molar-refractivity contribution in [3.05, 3.63) is 0 Å².